The molecule has 0 N–H and O–H groups in total. The van der Waals surface area contributed by atoms with Gasteiger partial charge in [-0.05, 0) is 31.5 Å². The summed E-state index contributed by atoms with van der Waals surface area (Å²) < 4.78 is 0. The number of fused-ring (bicyclic) bond motifs is 1. The molecule has 1 aromatic carbocycles. The second-order valence-electron chi connectivity index (χ2n) is 6.01. The summed E-state index contributed by atoms with van der Waals surface area (Å²) in [5.74, 6) is 1.08. The number of para-hydroxylation sites is 1. The number of pyridine rings is 1. The van der Waals surface area contributed by atoms with Crippen molar-refractivity contribution in [3.05, 3.63) is 60.2 Å². The van der Waals surface area contributed by atoms with E-state index < -0.39 is 0 Å². The van der Waals surface area contributed by atoms with Gasteiger partial charge in [0.1, 0.15) is 5.82 Å². The molecule has 0 unspecified atom stereocenters. The van der Waals surface area contributed by atoms with Gasteiger partial charge in [-0.1, -0.05) is 36.4 Å². The second-order valence-corrected chi connectivity index (χ2v) is 6.01. The van der Waals surface area contributed by atoms with E-state index in [1.54, 1.807) is 12.2 Å². The summed E-state index contributed by atoms with van der Waals surface area (Å²) in [7, 11) is 0. The summed E-state index contributed by atoms with van der Waals surface area (Å²) in [5, 5.41) is 1.20. The Morgan fingerprint density at radius 3 is 2.62 bits per heavy atom. The number of carbonyl (C=O) groups is 1. The third-order valence-electron chi connectivity index (χ3n) is 4.37. The van der Waals surface area contributed by atoms with E-state index in [-0.39, 0.29) is 5.91 Å². The van der Waals surface area contributed by atoms with Crippen molar-refractivity contribution >= 4 is 22.6 Å². The highest BCUT2D eigenvalue weighted by molar-refractivity contribution is 5.88. The van der Waals surface area contributed by atoms with Crippen LogP contribution in [-0.2, 0) is 4.79 Å². The van der Waals surface area contributed by atoms with Crippen molar-refractivity contribution in [2.24, 2.45) is 0 Å². The van der Waals surface area contributed by atoms with E-state index in [4.69, 9.17) is 4.98 Å². The summed E-state index contributed by atoms with van der Waals surface area (Å²) in [6.45, 7) is 7.15. The minimum Gasteiger partial charge on any atom is -0.353 e. The Kier molecular flexibility index (Phi) is 4.94. The topological polar surface area (TPSA) is 36.4 Å². The normalized spacial score (nSPS) is 15.8. The van der Waals surface area contributed by atoms with Crippen molar-refractivity contribution < 1.29 is 4.79 Å². The van der Waals surface area contributed by atoms with Crippen molar-refractivity contribution in [2.75, 3.05) is 31.1 Å². The molecule has 1 aliphatic heterocycles. The number of hydrogen-bond acceptors (Lipinski definition) is 3. The molecule has 24 heavy (non-hydrogen) atoms. The molecule has 0 saturated carbocycles. The summed E-state index contributed by atoms with van der Waals surface area (Å²) in [4.78, 5) is 21.1. The van der Waals surface area contributed by atoms with Crippen molar-refractivity contribution in [3.63, 3.8) is 0 Å². The van der Waals surface area contributed by atoms with Crippen LogP contribution in [0.2, 0.25) is 0 Å². The lowest BCUT2D eigenvalue weighted by molar-refractivity contribution is -0.126. The molecule has 2 heterocycles. The van der Waals surface area contributed by atoms with Gasteiger partial charge in [-0.2, -0.15) is 0 Å². The smallest absolute Gasteiger partial charge is 0.246 e. The fourth-order valence-corrected chi connectivity index (χ4v) is 3.00. The molecule has 0 aliphatic carbocycles. The van der Waals surface area contributed by atoms with E-state index in [0.29, 0.717) is 0 Å². The monoisotopic (exact) mass is 321 g/mol. The number of carbonyl (C=O) groups excluding carboxylic acids is 1. The molecule has 124 valence electrons. The maximum absolute atomic E-state index is 12.1. The van der Waals surface area contributed by atoms with Crippen LogP contribution >= 0.6 is 0 Å². The molecule has 1 aromatic heterocycles. The average molecular weight is 321 g/mol. The van der Waals surface area contributed by atoms with Crippen LogP contribution in [0.4, 0.5) is 5.82 Å². The van der Waals surface area contributed by atoms with E-state index in [9.17, 15) is 4.79 Å². The zero-order valence-corrected chi connectivity index (χ0v) is 14.3. The van der Waals surface area contributed by atoms with E-state index in [1.807, 2.05) is 36.1 Å². The summed E-state index contributed by atoms with van der Waals surface area (Å²) in [5.41, 5.74) is 2.27. The minimum absolute atomic E-state index is 0.0791. The number of aryl methyl sites for hydroxylation is 1. The number of piperazine rings is 1. The number of benzene rings is 1. The highest BCUT2D eigenvalue weighted by Crippen LogP contribution is 2.23. The Hall–Kier alpha value is -2.62. The van der Waals surface area contributed by atoms with Crippen LogP contribution in [0.3, 0.4) is 0 Å². The predicted molar refractivity (Wildman–Crippen MR) is 99.2 cm³/mol. The lowest BCUT2D eigenvalue weighted by Crippen LogP contribution is -2.48. The highest BCUT2D eigenvalue weighted by Gasteiger charge is 2.20. The molecule has 0 radical (unpaired) electrons. The summed E-state index contributed by atoms with van der Waals surface area (Å²) >= 11 is 0. The molecule has 1 aliphatic rings. The molecule has 2 aromatic rings. The first-order chi connectivity index (χ1) is 11.7. The van der Waals surface area contributed by atoms with Crippen LogP contribution in [0.5, 0.6) is 0 Å². The van der Waals surface area contributed by atoms with Crippen molar-refractivity contribution in [1.29, 1.82) is 0 Å². The third kappa shape index (κ3) is 3.48. The van der Waals surface area contributed by atoms with Gasteiger partial charge in [-0.25, -0.2) is 4.98 Å². The molecule has 1 fully saturated rings. The Bertz CT molecular complexity index is 787. The van der Waals surface area contributed by atoms with E-state index in [1.165, 1.54) is 10.9 Å². The fourth-order valence-electron chi connectivity index (χ4n) is 3.00. The van der Waals surface area contributed by atoms with Crippen molar-refractivity contribution in [3.8, 4) is 0 Å². The maximum Gasteiger partial charge on any atom is 0.246 e. The quantitative estimate of drug-likeness (QED) is 0.643. The molecule has 1 saturated heterocycles. The van der Waals surface area contributed by atoms with Gasteiger partial charge >= 0.3 is 0 Å². The van der Waals surface area contributed by atoms with Gasteiger partial charge in [0.15, 0.2) is 0 Å². The molecule has 0 bridgehead atoms. The SMILES string of the molecule is C/C=C/C=C/C(=O)N1CCN(c2cc(C)c3ccccc3n2)CC1. The van der Waals surface area contributed by atoms with Crippen LogP contribution in [0.1, 0.15) is 12.5 Å². The lowest BCUT2D eigenvalue weighted by Gasteiger charge is -2.35. The maximum atomic E-state index is 12.1. The predicted octanol–water partition coefficient (Wildman–Crippen LogP) is 3.32. The third-order valence-corrected chi connectivity index (χ3v) is 4.37. The van der Waals surface area contributed by atoms with Crippen LogP contribution in [0.25, 0.3) is 10.9 Å². The number of nitrogens with zero attached hydrogens (tertiary/aromatic N) is 3. The number of amides is 1. The Balaban J connectivity index is 1.70. The number of allylic oxidation sites excluding steroid dienone is 3. The summed E-state index contributed by atoms with van der Waals surface area (Å²) in [6.07, 6.45) is 7.21. The second kappa shape index (κ2) is 7.30. The van der Waals surface area contributed by atoms with E-state index in [2.05, 4.69) is 30.0 Å². The Morgan fingerprint density at radius 2 is 1.88 bits per heavy atom. The molecule has 0 spiro atoms. The van der Waals surface area contributed by atoms with E-state index >= 15 is 0 Å². The van der Waals surface area contributed by atoms with Gasteiger partial charge in [0.05, 0.1) is 5.52 Å². The van der Waals surface area contributed by atoms with Gasteiger partial charge in [0, 0.05) is 37.6 Å². The first-order valence-corrected chi connectivity index (χ1v) is 8.38. The molecule has 0 atom stereocenters. The van der Waals surface area contributed by atoms with Gasteiger partial charge in [0.25, 0.3) is 0 Å². The Morgan fingerprint density at radius 1 is 1.12 bits per heavy atom. The highest BCUT2D eigenvalue weighted by atomic mass is 16.2. The number of anilines is 1. The zero-order valence-electron chi connectivity index (χ0n) is 14.3. The van der Waals surface area contributed by atoms with Gasteiger partial charge in [-0.15, -0.1) is 0 Å². The lowest BCUT2D eigenvalue weighted by atomic mass is 10.1. The van der Waals surface area contributed by atoms with Crippen molar-refractivity contribution in [2.45, 2.75) is 13.8 Å². The van der Waals surface area contributed by atoms with Crippen LogP contribution < -0.4 is 4.90 Å². The molecule has 4 heteroatoms. The van der Waals surface area contributed by atoms with Gasteiger partial charge in [-0.3, -0.25) is 4.79 Å². The first kappa shape index (κ1) is 16.2. The van der Waals surface area contributed by atoms with Crippen LogP contribution in [0.15, 0.2) is 54.6 Å². The summed E-state index contributed by atoms with van der Waals surface area (Å²) in [6, 6.07) is 10.4. The van der Waals surface area contributed by atoms with Crippen LogP contribution in [-0.4, -0.2) is 42.0 Å². The standard InChI is InChI=1S/C20H23N3O/c1-3-4-5-10-20(24)23-13-11-22(12-14-23)19-15-16(2)17-8-6-7-9-18(17)21-19/h3-10,15H,11-14H2,1-2H3/b4-3+,10-5+. The van der Waals surface area contributed by atoms with Crippen LogP contribution in [0, 0.1) is 6.92 Å². The number of aromatic nitrogens is 1. The first-order valence-electron chi connectivity index (χ1n) is 8.38. The molecule has 3 rings (SSSR count). The molecular formula is C20H23N3O. The Labute approximate surface area is 143 Å². The van der Waals surface area contributed by atoms with Gasteiger partial charge < -0.3 is 9.80 Å². The van der Waals surface area contributed by atoms with Gasteiger partial charge in [0.2, 0.25) is 5.91 Å². The average Bonchev–Trinajstić information content (AvgIpc) is 2.62. The molecular weight excluding hydrogens is 298 g/mol. The number of rotatable bonds is 3. The largest absolute Gasteiger partial charge is 0.353 e. The zero-order chi connectivity index (χ0) is 16.9. The van der Waals surface area contributed by atoms with E-state index in [0.717, 1.165) is 37.5 Å². The molecule has 4 nitrogen and oxygen atoms in total. The molecule has 1 amide bonds. The van der Waals surface area contributed by atoms with Crippen molar-refractivity contribution in [1.82, 2.24) is 9.88 Å². The minimum atomic E-state index is 0.0791. The number of hydrogen-bond donors (Lipinski definition) is 0. The fraction of sp³-hybridized carbons (Fsp3) is 0.300.